The van der Waals surface area contributed by atoms with Gasteiger partial charge in [0.15, 0.2) is 0 Å². The summed E-state index contributed by atoms with van der Waals surface area (Å²) >= 11 is 0. The van der Waals surface area contributed by atoms with Gasteiger partial charge in [0, 0.05) is 18.4 Å². The fourth-order valence-electron chi connectivity index (χ4n) is 3.22. The Kier molecular flexibility index (Phi) is 5.57. The lowest BCUT2D eigenvalue weighted by molar-refractivity contribution is -0.184. The van der Waals surface area contributed by atoms with E-state index in [-0.39, 0.29) is 30.8 Å². The van der Waals surface area contributed by atoms with Crippen LogP contribution in [0.25, 0.3) is 0 Å². The third-order valence-corrected chi connectivity index (χ3v) is 4.38. The number of hydrogen-bond donors (Lipinski definition) is 1. The van der Waals surface area contributed by atoms with Crippen LogP contribution < -0.4 is 0 Å². The molecule has 2 rings (SSSR count). The van der Waals surface area contributed by atoms with Gasteiger partial charge < -0.3 is 19.3 Å². The normalized spacial score (nSPS) is 35.8. The van der Waals surface area contributed by atoms with Gasteiger partial charge in [-0.25, -0.2) is 4.79 Å². The van der Waals surface area contributed by atoms with E-state index in [1.807, 2.05) is 6.92 Å². The second-order valence-electron chi connectivity index (χ2n) is 6.06. The number of aliphatic hydroxyl groups is 1. The zero-order valence-corrected chi connectivity index (χ0v) is 13.0. The lowest BCUT2D eigenvalue weighted by Crippen LogP contribution is -2.51. The largest absolute Gasteiger partial charge is 0.466 e. The summed E-state index contributed by atoms with van der Waals surface area (Å²) in [4.78, 5) is 11.2. The number of carbonyl (C=O) groups excluding carboxylic acids is 1. The van der Waals surface area contributed by atoms with E-state index in [4.69, 9.17) is 14.7 Å². The first-order valence-electron chi connectivity index (χ1n) is 7.63. The van der Waals surface area contributed by atoms with E-state index in [1.54, 1.807) is 6.08 Å². The van der Waals surface area contributed by atoms with Crippen LogP contribution in [-0.4, -0.2) is 48.7 Å². The van der Waals surface area contributed by atoms with Crippen molar-refractivity contribution in [2.24, 2.45) is 5.92 Å². The summed E-state index contributed by atoms with van der Waals surface area (Å²) in [7, 11) is 1.32. The molecule has 5 atom stereocenters. The van der Waals surface area contributed by atoms with E-state index in [0.29, 0.717) is 12.8 Å². The fourth-order valence-corrected chi connectivity index (χ4v) is 3.22. The van der Waals surface area contributed by atoms with Gasteiger partial charge in [0.2, 0.25) is 0 Å². The third-order valence-electron chi connectivity index (χ3n) is 4.38. The Labute approximate surface area is 130 Å². The zero-order chi connectivity index (χ0) is 16.2. The maximum atomic E-state index is 11.2. The summed E-state index contributed by atoms with van der Waals surface area (Å²) in [6, 6.07) is 2.21. The Balaban J connectivity index is 2.01. The van der Waals surface area contributed by atoms with Crippen molar-refractivity contribution in [2.75, 3.05) is 13.7 Å². The van der Waals surface area contributed by atoms with Crippen molar-refractivity contribution in [1.82, 2.24) is 0 Å². The molecule has 2 saturated heterocycles. The van der Waals surface area contributed by atoms with Crippen LogP contribution in [0.4, 0.5) is 0 Å². The molecule has 6 heteroatoms. The van der Waals surface area contributed by atoms with E-state index < -0.39 is 11.6 Å². The fraction of sp³-hybridized carbons (Fsp3) is 0.750. The molecule has 0 radical (unpaired) electrons. The number of methoxy groups -OCH3 is 1. The highest BCUT2D eigenvalue weighted by Gasteiger charge is 2.52. The van der Waals surface area contributed by atoms with Gasteiger partial charge in [-0.3, -0.25) is 0 Å². The minimum absolute atomic E-state index is 0.0370. The number of ether oxygens (including phenoxy) is 3. The van der Waals surface area contributed by atoms with Gasteiger partial charge in [0.1, 0.15) is 5.60 Å². The molecule has 0 aromatic heterocycles. The predicted molar refractivity (Wildman–Crippen MR) is 77.8 cm³/mol. The van der Waals surface area contributed by atoms with Gasteiger partial charge in [0.05, 0.1) is 38.1 Å². The molecule has 2 fully saturated rings. The minimum atomic E-state index is -0.733. The van der Waals surface area contributed by atoms with E-state index in [0.717, 1.165) is 12.8 Å². The summed E-state index contributed by atoms with van der Waals surface area (Å²) < 4.78 is 16.6. The predicted octanol–water partition coefficient (Wildman–Crippen LogP) is 1.33. The van der Waals surface area contributed by atoms with Crippen LogP contribution in [-0.2, 0) is 19.0 Å². The smallest absolute Gasteiger partial charge is 0.330 e. The molecule has 22 heavy (non-hydrogen) atoms. The Hall–Kier alpha value is -1.42. The van der Waals surface area contributed by atoms with Gasteiger partial charge in [-0.1, -0.05) is 0 Å². The molecule has 1 N–H and O–H groups in total. The van der Waals surface area contributed by atoms with Crippen molar-refractivity contribution < 1.29 is 24.1 Å². The first-order valence-corrected chi connectivity index (χ1v) is 7.63. The van der Waals surface area contributed by atoms with Crippen LogP contribution in [0.2, 0.25) is 0 Å². The maximum absolute atomic E-state index is 11.2. The SMILES string of the molecule is COC(=O)/C=C/[C@H]1CC2(CO)O[C@@H](C[C@@H](C)C#N)CC[C@@H]2O1. The number of rotatable bonds is 5. The van der Waals surface area contributed by atoms with Gasteiger partial charge in [-0.2, -0.15) is 5.26 Å². The van der Waals surface area contributed by atoms with Crippen molar-refractivity contribution in [1.29, 1.82) is 5.26 Å². The Bertz CT molecular complexity index is 472. The number of hydrogen-bond acceptors (Lipinski definition) is 6. The molecule has 0 aromatic carbocycles. The molecular weight excluding hydrogens is 286 g/mol. The average molecular weight is 309 g/mol. The van der Waals surface area contributed by atoms with E-state index in [9.17, 15) is 9.90 Å². The maximum Gasteiger partial charge on any atom is 0.330 e. The first kappa shape index (κ1) is 16.9. The standard InChI is InChI=1S/C16H23NO5/c1-11(9-17)7-12-3-5-14-16(10-18,22-12)8-13(21-14)4-6-15(19)20-2/h4,6,11-14,18H,3,5,7-8,10H2,1-2H3/b6-4+/t11-,12-,13+,14+,16?/m1/s1. The number of nitriles is 1. The molecular formula is C16H23NO5. The summed E-state index contributed by atoms with van der Waals surface area (Å²) in [6.07, 6.45) is 5.25. The topological polar surface area (TPSA) is 88.8 Å². The summed E-state index contributed by atoms with van der Waals surface area (Å²) in [5.74, 6) is -0.507. The Morgan fingerprint density at radius 1 is 1.59 bits per heavy atom. The molecule has 0 amide bonds. The Morgan fingerprint density at radius 2 is 2.36 bits per heavy atom. The monoisotopic (exact) mass is 309 g/mol. The van der Waals surface area contributed by atoms with Crippen molar-refractivity contribution >= 4 is 5.97 Å². The lowest BCUT2D eigenvalue weighted by Gasteiger charge is -2.41. The molecule has 0 saturated carbocycles. The summed E-state index contributed by atoms with van der Waals surface area (Å²) in [5.41, 5.74) is -0.733. The van der Waals surface area contributed by atoms with Crippen molar-refractivity contribution in [3.63, 3.8) is 0 Å². The molecule has 0 aromatic rings. The van der Waals surface area contributed by atoms with Crippen molar-refractivity contribution in [3.05, 3.63) is 12.2 Å². The van der Waals surface area contributed by atoms with E-state index >= 15 is 0 Å². The van der Waals surface area contributed by atoms with E-state index in [2.05, 4.69) is 10.8 Å². The van der Waals surface area contributed by atoms with Crippen LogP contribution in [0.3, 0.4) is 0 Å². The van der Waals surface area contributed by atoms with Gasteiger partial charge >= 0.3 is 5.97 Å². The first-order chi connectivity index (χ1) is 10.5. The zero-order valence-electron chi connectivity index (χ0n) is 13.0. The molecule has 122 valence electrons. The summed E-state index contributed by atoms with van der Waals surface area (Å²) in [5, 5.41) is 18.7. The molecule has 2 aliphatic heterocycles. The third kappa shape index (κ3) is 3.67. The molecule has 0 aliphatic carbocycles. The number of nitrogens with zero attached hydrogens (tertiary/aromatic N) is 1. The minimum Gasteiger partial charge on any atom is -0.466 e. The molecule has 0 bridgehead atoms. The molecule has 6 nitrogen and oxygen atoms in total. The quantitative estimate of drug-likeness (QED) is 0.609. The van der Waals surface area contributed by atoms with E-state index in [1.165, 1.54) is 13.2 Å². The molecule has 2 aliphatic rings. The number of fused-ring (bicyclic) bond motifs is 1. The van der Waals surface area contributed by atoms with Crippen LogP contribution in [0, 0.1) is 17.2 Å². The second kappa shape index (κ2) is 7.23. The average Bonchev–Trinajstić information content (AvgIpc) is 2.90. The Morgan fingerprint density at radius 3 is 3.00 bits per heavy atom. The number of carbonyl (C=O) groups is 1. The van der Waals surface area contributed by atoms with Crippen LogP contribution in [0.15, 0.2) is 12.2 Å². The highest BCUT2D eigenvalue weighted by atomic mass is 16.6. The van der Waals surface area contributed by atoms with Crippen LogP contribution >= 0.6 is 0 Å². The van der Waals surface area contributed by atoms with Crippen LogP contribution in [0.1, 0.15) is 32.6 Å². The highest BCUT2D eigenvalue weighted by molar-refractivity contribution is 5.81. The van der Waals surface area contributed by atoms with Gasteiger partial charge in [-0.15, -0.1) is 0 Å². The second-order valence-corrected chi connectivity index (χ2v) is 6.06. The highest BCUT2D eigenvalue weighted by Crippen LogP contribution is 2.42. The van der Waals surface area contributed by atoms with Gasteiger partial charge in [-0.05, 0) is 32.3 Å². The number of esters is 1. The lowest BCUT2D eigenvalue weighted by atomic mass is 9.85. The molecule has 2 heterocycles. The van der Waals surface area contributed by atoms with Crippen molar-refractivity contribution in [2.45, 2.75) is 56.5 Å². The summed E-state index contributed by atoms with van der Waals surface area (Å²) in [6.45, 7) is 1.74. The van der Waals surface area contributed by atoms with Crippen molar-refractivity contribution in [3.8, 4) is 6.07 Å². The van der Waals surface area contributed by atoms with Crippen LogP contribution in [0.5, 0.6) is 0 Å². The molecule has 1 unspecified atom stereocenters. The number of aliphatic hydroxyl groups excluding tert-OH is 1. The molecule has 0 spiro atoms. The van der Waals surface area contributed by atoms with Gasteiger partial charge in [0.25, 0.3) is 0 Å².